The van der Waals surface area contributed by atoms with Crippen LogP contribution in [0, 0.1) is 0 Å². The molecule has 1 aromatic rings. The number of halogens is 2. The Morgan fingerprint density at radius 2 is 2.18 bits per heavy atom. The number of rotatable bonds is 4. The van der Waals surface area contributed by atoms with Crippen molar-refractivity contribution in [2.75, 3.05) is 14.2 Å². The summed E-state index contributed by atoms with van der Waals surface area (Å²) in [6, 6.07) is 1.22. The van der Waals surface area contributed by atoms with Gasteiger partial charge in [0.05, 0.1) is 19.8 Å². The molecule has 0 saturated carbocycles. The number of esters is 1. The number of hydrogen-bond acceptors (Lipinski definition) is 5. The lowest BCUT2D eigenvalue weighted by Gasteiger charge is -2.12. The van der Waals surface area contributed by atoms with Crippen molar-refractivity contribution in [3.8, 4) is 5.88 Å². The second-order valence-electron chi connectivity index (χ2n) is 3.07. The standard InChI is InChI=1S/C10H12F2N2O3/c1-16-7-3-5(10(15)17-2)6(4-13)8(14-7)9(11)12/h3,9H,4,13H2,1-2H3. The van der Waals surface area contributed by atoms with Gasteiger partial charge in [0.15, 0.2) is 0 Å². The normalized spacial score (nSPS) is 10.5. The number of nitrogens with two attached hydrogens (primary N) is 1. The van der Waals surface area contributed by atoms with Crippen molar-refractivity contribution >= 4 is 5.97 Å². The first-order valence-electron chi connectivity index (χ1n) is 4.69. The molecular weight excluding hydrogens is 234 g/mol. The molecule has 0 aliphatic heterocycles. The predicted octanol–water partition coefficient (Wildman–Crippen LogP) is 1.27. The van der Waals surface area contributed by atoms with Crippen LogP contribution in [0.15, 0.2) is 6.07 Å². The van der Waals surface area contributed by atoms with Crippen LogP contribution in [0.3, 0.4) is 0 Å². The molecule has 0 amide bonds. The van der Waals surface area contributed by atoms with E-state index >= 15 is 0 Å². The molecule has 0 aliphatic carbocycles. The maximum atomic E-state index is 12.8. The molecule has 0 fully saturated rings. The first-order chi connectivity index (χ1) is 8.04. The van der Waals surface area contributed by atoms with E-state index < -0.39 is 18.1 Å². The first kappa shape index (κ1) is 13.3. The molecule has 0 aromatic carbocycles. The Labute approximate surface area is 96.5 Å². The minimum Gasteiger partial charge on any atom is -0.481 e. The van der Waals surface area contributed by atoms with Gasteiger partial charge in [0, 0.05) is 18.2 Å². The zero-order chi connectivity index (χ0) is 13.0. The number of methoxy groups -OCH3 is 2. The van der Waals surface area contributed by atoms with E-state index in [1.807, 2.05) is 0 Å². The highest BCUT2D eigenvalue weighted by Gasteiger charge is 2.23. The molecule has 0 spiro atoms. The van der Waals surface area contributed by atoms with Gasteiger partial charge in [0.2, 0.25) is 5.88 Å². The van der Waals surface area contributed by atoms with Crippen LogP contribution < -0.4 is 10.5 Å². The molecule has 7 heteroatoms. The Balaban J connectivity index is 3.44. The lowest BCUT2D eigenvalue weighted by Crippen LogP contribution is -2.14. The number of hydrogen-bond donors (Lipinski definition) is 1. The van der Waals surface area contributed by atoms with Crippen LogP contribution in [-0.4, -0.2) is 25.2 Å². The average molecular weight is 246 g/mol. The number of carbonyl (C=O) groups excluding carboxylic acids is 1. The van der Waals surface area contributed by atoms with E-state index in [4.69, 9.17) is 10.5 Å². The first-order valence-corrected chi connectivity index (χ1v) is 4.69. The van der Waals surface area contributed by atoms with Gasteiger partial charge >= 0.3 is 5.97 Å². The van der Waals surface area contributed by atoms with Gasteiger partial charge in [-0.05, 0) is 0 Å². The van der Waals surface area contributed by atoms with Gasteiger partial charge in [-0.15, -0.1) is 0 Å². The van der Waals surface area contributed by atoms with Crippen molar-refractivity contribution in [3.63, 3.8) is 0 Å². The van der Waals surface area contributed by atoms with Gasteiger partial charge < -0.3 is 15.2 Å². The summed E-state index contributed by atoms with van der Waals surface area (Å²) in [4.78, 5) is 15.0. The molecule has 5 nitrogen and oxygen atoms in total. The maximum absolute atomic E-state index is 12.8. The van der Waals surface area contributed by atoms with Gasteiger partial charge in [0.25, 0.3) is 6.43 Å². The molecule has 94 valence electrons. The van der Waals surface area contributed by atoms with Crippen LogP contribution >= 0.6 is 0 Å². The Bertz CT molecular complexity index is 424. The van der Waals surface area contributed by atoms with Crippen molar-refractivity contribution in [3.05, 3.63) is 22.9 Å². The van der Waals surface area contributed by atoms with Gasteiger partial charge in [-0.25, -0.2) is 18.6 Å². The zero-order valence-electron chi connectivity index (χ0n) is 9.37. The fourth-order valence-corrected chi connectivity index (χ4v) is 1.36. The maximum Gasteiger partial charge on any atom is 0.338 e. The molecule has 1 heterocycles. The third-order valence-electron chi connectivity index (χ3n) is 2.16. The van der Waals surface area contributed by atoms with E-state index in [1.54, 1.807) is 0 Å². The van der Waals surface area contributed by atoms with E-state index in [0.717, 1.165) is 7.11 Å². The van der Waals surface area contributed by atoms with Crippen molar-refractivity contribution in [2.45, 2.75) is 13.0 Å². The van der Waals surface area contributed by atoms with Gasteiger partial charge in [-0.1, -0.05) is 0 Å². The lowest BCUT2D eigenvalue weighted by molar-refractivity contribution is 0.0598. The van der Waals surface area contributed by atoms with Crippen LogP contribution in [0.2, 0.25) is 0 Å². The quantitative estimate of drug-likeness (QED) is 0.810. The Hall–Kier alpha value is -1.76. The van der Waals surface area contributed by atoms with Crippen molar-refractivity contribution < 1.29 is 23.0 Å². The summed E-state index contributed by atoms with van der Waals surface area (Å²) in [6.45, 7) is -0.235. The van der Waals surface area contributed by atoms with E-state index in [-0.39, 0.29) is 23.6 Å². The van der Waals surface area contributed by atoms with Crippen LogP contribution in [0.25, 0.3) is 0 Å². The minimum atomic E-state index is -2.84. The number of pyridine rings is 1. The van der Waals surface area contributed by atoms with Gasteiger partial charge in [-0.3, -0.25) is 0 Å². The van der Waals surface area contributed by atoms with Crippen molar-refractivity contribution in [2.24, 2.45) is 5.73 Å². The topological polar surface area (TPSA) is 74.4 Å². The number of alkyl halides is 2. The van der Waals surface area contributed by atoms with E-state index in [2.05, 4.69) is 9.72 Å². The van der Waals surface area contributed by atoms with E-state index in [0.29, 0.717) is 0 Å². The Morgan fingerprint density at radius 3 is 2.59 bits per heavy atom. The second kappa shape index (κ2) is 5.53. The molecule has 1 aromatic heterocycles. The second-order valence-corrected chi connectivity index (χ2v) is 3.07. The molecule has 0 atom stereocenters. The summed E-state index contributed by atoms with van der Waals surface area (Å²) in [5, 5.41) is 0. The van der Waals surface area contributed by atoms with Crippen molar-refractivity contribution in [1.82, 2.24) is 4.98 Å². The van der Waals surface area contributed by atoms with Gasteiger partial charge in [-0.2, -0.15) is 0 Å². The monoisotopic (exact) mass is 246 g/mol. The fraction of sp³-hybridized carbons (Fsp3) is 0.400. The third-order valence-corrected chi connectivity index (χ3v) is 2.16. The lowest BCUT2D eigenvalue weighted by atomic mass is 10.1. The van der Waals surface area contributed by atoms with Gasteiger partial charge in [0.1, 0.15) is 5.69 Å². The Kier molecular flexibility index (Phi) is 4.33. The highest BCUT2D eigenvalue weighted by molar-refractivity contribution is 5.91. The van der Waals surface area contributed by atoms with Crippen LogP contribution in [0.4, 0.5) is 8.78 Å². The average Bonchev–Trinajstić information content (AvgIpc) is 2.35. The summed E-state index contributed by atoms with van der Waals surface area (Å²) >= 11 is 0. The molecule has 0 bridgehead atoms. The molecule has 2 N–H and O–H groups in total. The van der Waals surface area contributed by atoms with Crippen LogP contribution in [0.5, 0.6) is 5.88 Å². The number of carbonyl (C=O) groups is 1. The molecule has 0 radical (unpaired) electrons. The predicted molar refractivity (Wildman–Crippen MR) is 55.0 cm³/mol. The number of aromatic nitrogens is 1. The zero-order valence-corrected chi connectivity index (χ0v) is 9.37. The van der Waals surface area contributed by atoms with Crippen LogP contribution in [0.1, 0.15) is 28.0 Å². The summed E-state index contributed by atoms with van der Waals surface area (Å²) in [6.07, 6.45) is -2.84. The summed E-state index contributed by atoms with van der Waals surface area (Å²) in [5.74, 6) is -0.842. The molecule has 0 aliphatic rings. The highest BCUT2D eigenvalue weighted by Crippen LogP contribution is 2.27. The largest absolute Gasteiger partial charge is 0.481 e. The molecular formula is C10H12F2N2O3. The van der Waals surface area contributed by atoms with Crippen LogP contribution in [-0.2, 0) is 11.3 Å². The molecule has 1 rings (SSSR count). The molecule has 17 heavy (non-hydrogen) atoms. The number of ether oxygens (including phenoxy) is 2. The molecule has 0 saturated heterocycles. The minimum absolute atomic E-state index is 0.0346. The fourth-order valence-electron chi connectivity index (χ4n) is 1.36. The summed E-state index contributed by atoms with van der Waals surface area (Å²) in [7, 11) is 2.42. The highest BCUT2D eigenvalue weighted by atomic mass is 19.3. The van der Waals surface area contributed by atoms with E-state index in [1.165, 1.54) is 13.2 Å². The van der Waals surface area contributed by atoms with E-state index in [9.17, 15) is 13.6 Å². The number of nitrogens with zero attached hydrogens (tertiary/aromatic N) is 1. The molecule has 0 unspecified atom stereocenters. The van der Waals surface area contributed by atoms with Crippen molar-refractivity contribution in [1.29, 1.82) is 0 Å². The summed E-state index contributed by atoms with van der Waals surface area (Å²) in [5.41, 5.74) is 4.70. The Morgan fingerprint density at radius 1 is 1.53 bits per heavy atom. The third kappa shape index (κ3) is 2.68. The smallest absolute Gasteiger partial charge is 0.338 e. The SMILES string of the molecule is COC(=O)c1cc(OC)nc(C(F)F)c1CN. The summed E-state index contributed by atoms with van der Waals surface area (Å²) < 4.78 is 34.7.